The number of H-pyrrole nitrogens is 1. The van der Waals surface area contributed by atoms with Gasteiger partial charge in [0.2, 0.25) is 0 Å². The first kappa shape index (κ1) is 13.9. The first-order valence-electron chi connectivity index (χ1n) is 7.16. The van der Waals surface area contributed by atoms with Gasteiger partial charge in [-0.15, -0.1) is 6.58 Å². The molecule has 0 fully saturated rings. The monoisotopic (exact) mass is 256 g/mol. The fourth-order valence-corrected chi connectivity index (χ4v) is 2.52. The van der Waals surface area contributed by atoms with E-state index in [-0.39, 0.29) is 0 Å². The normalized spacial score (nSPS) is 13.0. The average molecular weight is 256 g/mol. The van der Waals surface area contributed by atoms with Crippen molar-refractivity contribution in [3.8, 4) is 0 Å². The maximum Gasteiger partial charge on any atom is 0.0456 e. The molecule has 2 aromatic rings. The molecular weight excluding hydrogens is 232 g/mol. The lowest BCUT2D eigenvalue weighted by atomic mass is 10.1. The molecule has 1 aromatic carbocycles. The Hall–Kier alpha value is -1.54. The molecule has 0 aliphatic heterocycles. The van der Waals surface area contributed by atoms with Crippen molar-refractivity contribution < 1.29 is 0 Å². The Morgan fingerprint density at radius 3 is 2.89 bits per heavy atom. The minimum Gasteiger partial charge on any atom is -0.361 e. The van der Waals surface area contributed by atoms with Crippen molar-refractivity contribution >= 4 is 10.9 Å². The van der Waals surface area contributed by atoms with E-state index in [1.807, 2.05) is 6.08 Å². The van der Waals surface area contributed by atoms with Gasteiger partial charge in [0.05, 0.1) is 0 Å². The molecule has 0 radical (unpaired) electrons. The summed E-state index contributed by atoms with van der Waals surface area (Å²) in [5.74, 6) is 0. The molecule has 0 spiro atoms. The van der Waals surface area contributed by atoms with Crippen LogP contribution < -0.4 is 0 Å². The third-order valence-corrected chi connectivity index (χ3v) is 3.92. The van der Waals surface area contributed by atoms with Crippen LogP contribution in [0.15, 0.2) is 43.1 Å². The van der Waals surface area contributed by atoms with Crippen molar-refractivity contribution in [1.29, 1.82) is 0 Å². The van der Waals surface area contributed by atoms with Gasteiger partial charge < -0.3 is 4.98 Å². The second-order valence-corrected chi connectivity index (χ2v) is 5.15. The Kier molecular flexibility index (Phi) is 4.80. The van der Waals surface area contributed by atoms with Gasteiger partial charge in [-0.1, -0.05) is 31.2 Å². The van der Waals surface area contributed by atoms with Gasteiger partial charge in [-0.2, -0.15) is 0 Å². The fourth-order valence-electron chi connectivity index (χ4n) is 2.52. The fraction of sp³-hybridized carbons (Fsp3) is 0.412. The summed E-state index contributed by atoms with van der Waals surface area (Å²) in [6, 6.07) is 9.13. The molecule has 0 aliphatic carbocycles. The highest BCUT2D eigenvalue weighted by molar-refractivity contribution is 5.83. The third-order valence-electron chi connectivity index (χ3n) is 3.92. The van der Waals surface area contributed by atoms with E-state index in [9.17, 15) is 0 Å². The van der Waals surface area contributed by atoms with Gasteiger partial charge in [0.25, 0.3) is 0 Å². The number of aromatic nitrogens is 1. The molecule has 1 unspecified atom stereocenters. The predicted octanol–water partition coefficient (Wildman–Crippen LogP) is 4.00. The van der Waals surface area contributed by atoms with E-state index in [1.165, 1.54) is 22.9 Å². The van der Waals surface area contributed by atoms with Crippen LogP contribution in [-0.4, -0.2) is 29.0 Å². The first-order chi connectivity index (χ1) is 9.26. The first-order valence-corrected chi connectivity index (χ1v) is 7.16. The zero-order chi connectivity index (χ0) is 13.7. The van der Waals surface area contributed by atoms with Crippen LogP contribution in [0, 0.1) is 0 Å². The lowest BCUT2D eigenvalue weighted by Crippen LogP contribution is -2.34. The highest BCUT2D eigenvalue weighted by atomic mass is 15.1. The number of rotatable bonds is 7. The molecule has 2 heteroatoms. The van der Waals surface area contributed by atoms with Gasteiger partial charge in [0.1, 0.15) is 0 Å². The number of fused-ring (bicyclic) bond motifs is 1. The number of para-hydroxylation sites is 1. The Morgan fingerprint density at radius 2 is 2.16 bits per heavy atom. The SMILES string of the molecule is C=CCN(CCc1c[nH]c2ccccc12)C(C)CC. The summed E-state index contributed by atoms with van der Waals surface area (Å²) < 4.78 is 0. The molecule has 1 heterocycles. The Morgan fingerprint density at radius 1 is 1.37 bits per heavy atom. The third kappa shape index (κ3) is 3.27. The van der Waals surface area contributed by atoms with Gasteiger partial charge >= 0.3 is 0 Å². The number of hydrogen-bond donors (Lipinski definition) is 1. The van der Waals surface area contributed by atoms with Crippen LogP contribution in [0.4, 0.5) is 0 Å². The Bertz CT molecular complexity index is 527. The van der Waals surface area contributed by atoms with Crippen LogP contribution in [0.5, 0.6) is 0 Å². The minimum absolute atomic E-state index is 0.614. The molecule has 0 bridgehead atoms. The highest BCUT2D eigenvalue weighted by Crippen LogP contribution is 2.18. The van der Waals surface area contributed by atoms with E-state index in [1.54, 1.807) is 0 Å². The quantitative estimate of drug-likeness (QED) is 0.742. The Labute approximate surface area is 116 Å². The number of aromatic amines is 1. The molecule has 0 aliphatic rings. The summed E-state index contributed by atoms with van der Waals surface area (Å²) in [6.07, 6.45) is 6.42. The smallest absolute Gasteiger partial charge is 0.0456 e. The van der Waals surface area contributed by atoms with Crippen molar-refractivity contribution in [3.63, 3.8) is 0 Å². The molecule has 0 amide bonds. The molecule has 0 saturated heterocycles. The summed E-state index contributed by atoms with van der Waals surface area (Å²) in [5, 5.41) is 1.35. The molecule has 2 nitrogen and oxygen atoms in total. The number of nitrogens with zero attached hydrogens (tertiary/aromatic N) is 1. The van der Waals surface area contributed by atoms with Crippen molar-refractivity contribution in [2.24, 2.45) is 0 Å². The van der Waals surface area contributed by atoms with Crippen LogP contribution in [0.25, 0.3) is 10.9 Å². The summed E-state index contributed by atoms with van der Waals surface area (Å²) in [6.45, 7) is 10.5. The minimum atomic E-state index is 0.614. The van der Waals surface area contributed by atoms with Gasteiger partial charge in [-0.25, -0.2) is 0 Å². The van der Waals surface area contributed by atoms with E-state index < -0.39 is 0 Å². The largest absolute Gasteiger partial charge is 0.361 e. The Balaban J connectivity index is 2.06. The van der Waals surface area contributed by atoms with E-state index in [0.717, 1.165) is 19.5 Å². The van der Waals surface area contributed by atoms with Crippen LogP contribution in [0.3, 0.4) is 0 Å². The molecule has 0 saturated carbocycles. The zero-order valence-electron chi connectivity index (χ0n) is 12.0. The second kappa shape index (κ2) is 6.58. The second-order valence-electron chi connectivity index (χ2n) is 5.15. The van der Waals surface area contributed by atoms with Gasteiger partial charge in [-0.05, 0) is 31.4 Å². The van der Waals surface area contributed by atoms with Crippen molar-refractivity contribution in [1.82, 2.24) is 9.88 Å². The van der Waals surface area contributed by atoms with Gasteiger partial charge in [-0.3, -0.25) is 4.90 Å². The lowest BCUT2D eigenvalue weighted by Gasteiger charge is -2.26. The summed E-state index contributed by atoms with van der Waals surface area (Å²) >= 11 is 0. The van der Waals surface area contributed by atoms with Crippen LogP contribution in [0.2, 0.25) is 0 Å². The molecule has 2 rings (SSSR count). The zero-order valence-corrected chi connectivity index (χ0v) is 12.0. The summed E-state index contributed by atoms with van der Waals surface area (Å²) in [5.41, 5.74) is 2.64. The maximum absolute atomic E-state index is 3.86. The van der Waals surface area contributed by atoms with E-state index in [2.05, 4.69) is 60.8 Å². The highest BCUT2D eigenvalue weighted by Gasteiger charge is 2.11. The van der Waals surface area contributed by atoms with E-state index >= 15 is 0 Å². The van der Waals surface area contributed by atoms with Crippen molar-refractivity contribution in [3.05, 3.63) is 48.7 Å². The molecule has 1 N–H and O–H groups in total. The van der Waals surface area contributed by atoms with Gasteiger partial charge in [0, 0.05) is 36.2 Å². The predicted molar refractivity (Wildman–Crippen MR) is 83.5 cm³/mol. The molecule has 102 valence electrons. The topological polar surface area (TPSA) is 19.0 Å². The average Bonchev–Trinajstić information content (AvgIpc) is 2.86. The summed E-state index contributed by atoms with van der Waals surface area (Å²) in [7, 11) is 0. The number of benzene rings is 1. The van der Waals surface area contributed by atoms with Crippen LogP contribution in [0.1, 0.15) is 25.8 Å². The molecule has 1 aromatic heterocycles. The van der Waals surface area contributed by atoms with E-state index in [0.29, 0.717) is 6.04 Å². The van der Waals surface area contributed by atoms with Crippen molar-refractivity contribution in [2.75, 3.05) is 13.1 Å². The standard InChI is InChI=1S/C17H24N2/c1-4-11-19(14(3)5-2)12-10-15-13-18-17-9-7-6-8-16(15)17/h4,6-9,13-14,18H,1,5,10-12H2,2-3H3. The maximum atomic E-state index is 3.86. The molecule has 19 heavy (non-hydrogen) atoms. The molecule has 1 atom stereocenters. The van der Waals surface area contributed by atoms with Crippen LogP contribution in [-0.2, 0) is 6.42 Å². The van der Waals surface area contributed by atoms with Crippen molar-refractivity contribution in [2.45, 2.75) is 32.7 Å². The molecular formula is C17H24N2. The number of hydrogen-bond acceptors (Lipinski definition) is 1. The van der Waals surface area contributed by atoms with E-state index in [4.69, 9.17) is 0 Å². The number of nitrogens with one attached hydrogen (secondary N) is 1. The van der Waals surface area contributed by atoms with Crippen LogP contribution >= 0.6 is 0 Å². The summed E-state index contributed by atoms with van der Waals surface area (Å²) in [4.78, 5) is 5.84. The lowest BCUT2D eigenvalue weighted by molar-refractivity contribution is 0.229. The van der Waals surface area contributed by atoms with Gasteiger partial charge in [0.15, 0.2) is 0 Å².